The molecule has 1 aromatic rings. The fourth-order valence-electron chi connectivity index (χ4n) is 1.13. The van der Waals surface area contributed by atoms with E-state index in [2.05, 4.69) is 22.9 Å². The van der Waals surface area contributed by atoms with E-state index in [0.717, 1.165) is 23.1 Å². The highest BCUT2D eigenvalue weighted by atomic mass is 79.9. The predicted octanol–water partition coefficient (Wildman–Crippen LogP) is 3.74. The highest BCUT2D eigenvalue weighted by molar-refractivity contribution is 9.10. The maximum Gasteiger partial charge on any atom is 0.155 e. The van der Waals surface area contributed by atoms with Crippen LogP contribution >= 0.6 is 15.9 Å². The summed E-state index contributed by atoms with van der Waals surface area (Å²) in [6.45, 7) is 5.36. The molecule has 1 rings (SSSR count). The van der Waals surface area contributed by atoms with Gasteiger partial charge in [0, 0.05) is 11.1 Å². The summed E-state index contributed by atoms with van der Waals surface area (Å²) in [5.74, 6) is 0. The van der Waals surface area contributed by atoms with Gasteiger partial charge in [0.2, 0.25) is 0 Å². The number of hydrogen-bond donors (Lipinski definition) is 0. The van der Waals surface area contributed by atoms with E-state index in [-0.39, 0.29) is 6.29 Å². The van der Waals surface area contributed by atoms with Crippen molar-refractivity contribution in [2.24, 2.45) is 0 Å². The molecular weight excluding hydrogens is 256 g/mol. The second-order valence-corrected chi connectivity index (χ2v) is 4.29. The molecule has 2 nitrogen and oxygen atoms in total. The molecule has 0 aromatic heterocycles. The first-order chi connectivity index (χ1) is 7.22. The molecule has 3 heteroatoms. The highest BCUT2D eigenvalue weighted by Crippen LogP contribution is 2.11. The van der Waals surface area contributed by atoms with E-state index >= 15 is 0 Å². The summed E-state index contributed by atoms with van der Waals surface area (Å²) in [5.41, 5.74) is 1.16. The van der Waals surface area contributed by atoms with Gasteiger partial charge >= 0.3 is 0 Å². The van der Waals surface area contributed by atoms with Crippen molar-refractivity contribution in [2.45, 2.75) is 33.2 Å². The highest BCUT2D eigenvalue weighted by Gasteiger charge is 2.01. The third-order valence-corrected chi connectivity index (χ3v) is 2.48. The van der Waals surface area contributed by atoms with Crippen LogP contribution < -0.4 is 0 Å². The first kappa shape index (κ1) is 12.7. The van der Waals surface area contributed by atoms with Gasteiger partial charge < -0.3 is 9.47 Å². The zero-order valence-electron chi connectivity index (χ0n) is 9.20. The zero-order chi connectivity index (χ0) is 11.1. The van der Waals surface area contributed by atoms with Gasteiger partial charge in [-0.2, -0.15) is 0 Å². The predicted molar refractivity (Wildman–Crippen MR) is 64.6 cm³/mol. The van der Waals surface area contributed by atoms with Crippen LogP contribution in [0.25, 0.3) is 0 Å². The lowest BCUT2D eigenvalue weighted by Gasteiger charge is -2.13. The molecule has 0 aliphatic carbocycles. The van der Waals surface area contributed by atoms with Crippen molar-refractivity contribution in [1.29, 1.82) is 0 Å². The fourth-order valence-corrected chi connectivity index (χ4v) is 1.39. The Morgan fingerprint density at radius 2 is 1.87 bits per heavy atom. The van der Waals surface area contributed by atoms with Crippen molar-refractivity contribution < 1.29 is 9.47 Å². The minimum absolute atomic E-state index is 0.131. The van der Waals surface area contributed by atoms with Crippen LogP contribution in [0.3, 0.4) is 0 Å². The number of halogens is 1. The van der Waals surface area contributed by atoms with Crippen molar-refractivity contribution in [3.63, 3.8) is 0 Å². The molecule has 0 fully saturated rings. The van der Waals surface area contributed by atoms with Crippen molar-refractivity contribution in [3.8, 4) is 0 Å². The van der Waals surface area contributed by atoms with Gasteiger partial charge in [-0.15, -0.1) is 0 Å². The number of rotatable bonds is 6. The van der Waals surface area contributed by atoms with Gasteiger partial charge in [-0.05, 0) is 31.0 Å². The van der Waals surface area contributed by atoms with Gasteiger partial charge in [-0.25, -0.2) is 0 Å². The quantitative estimate of drug-likeness (QED) is 0.735. The van der Waals surface area contributed by atoms with E-state index < -0.39 is 0 Å². The van der Waals surface area contributed by atoms with E-state index in [0.29, 0.717) is 6.61 Å². The molecular formula is C12H17BrO2. The third-order valence-electron chi connectivity index (χ3n) is 1.95. The van der Waals surface area contributed by atoms with Crippen LogP contribution in [0.15, 0.2) is 28.7 Å². The van der Waals surface area contributed by atoms with Crippen LogP contribution in [0, 0.1) is 0 Å². The summed E-state index contributed by atoms with van der Waals surface area (Å²) in [4.78, 5) is 0. The zero-order valence-corrected chi connectivity index (χ0v) is 10.8. The van der Waals surface area contributed by atoms with Crippen molar-refractivity contribution in [3.05, 3.63) is 34.3 Å². The molecule has 1 unspecified atom stereocenters. The van der Waals surface area contributed by atoms with E-state index in [1.165, 1.54) is 0 Å². The van der Waals surface area contributed by atoms with Gasteiger partial charge in [0.1, 0.15) is 0 Å². The monoisotopic (exact) mass is 272 g/mol. The molecule has 0 saturated heterocycles. The largest absolute Gasteiger partial charge is 0.353 e. The van der Waals surface area contributed by atoms with Crippen LogP contribution in [-0.4, -0.2) is 12.9 Å². The van der Waals surface area contributed by atoms with E-state index in [9.17, 15) is 0 Å². The maximum atomic E-state index is 5.53. The SMILES string of the molecule is CCCOC(C)OCc1ccc(Br)cc1. The standard InChI is InChI=1S/C12H17BrO2/c1-3-8-14-10(2)15-9-11-4-6-12(13)7-5-11/h4-7,10H,3,8-9H2,1-2H3. The molecule has 15 heavy (non-hydrogen) atoms. The number of hydrogen-bond acceptors (Lipinski definition) is 2. The molecule has 0 aliphatic rings. The summed E-state index contributed by atoms with van der Waals surface area (Å²) in [6.07, 6.45) is 0.889. The fraction of sp³-hybridized carbons (Fsp3) is 0.500. The lowest BCUT2D eigenvalue weighted by atomic mass is 10.2. The summed E-state index contributed by atoms with van der Waals surface area (Å²) in [7, 11) is 0. The van der Waals surface area contributed by atoms with Crippen LogP contribution in [0.4, 0.5) is 0 Å². The van der Waals surface area contributed by atoms with E-state index in [4.69, 9.17) is 9.47 Å². The van der Waals surface area contributed by atoms with Crippen LogP contribution in [-0.2, 0) is 16.1 Å². The summed E-state index contributed by atoms with van der Waals surface area (Å²) < 4.78 is 12.0. The normalized spacial score (nSPS) is 12.7. The first-order valence-corrected chi connectivity index (χ1v) is 5.99. The van der Waals surface area contributed by atoms with E-state index in [1.807, 2.05) is 31.2 Å². The van der Waals surface area contributed by atoms with Crippen LogP contribution in [0.5, 0.6) is 0 Å². The topological polar surface area (TPSA) is 18.5 Å². The first-order valence-electron chi connectivity index (χ1n) is 5.20. The van der Waals surface area contributed by atoms with Crippen molar-refractivity contribution >= 4 is 15.9 Å². The molecule has 0 amide bonds. The Labute approximate surface area is 99.7 Å². The molecule has 0 aliphatic heterocycles. The van der Waals surface area contributed by atoms with Gasteiger partial charge in [0.05, 0.1) is 6.61 Å². The maximum absolute atomic E-state index is 5.53. The summed E-state index contributed by atoms with van der Waals surface area (Å²) in [6, 6.07) is 8.10. The molecule has 0 N–H and O–H groups in total. The molecule has 1 aromatic carbocycles. The van der Waals surface area contributed by atoms with Crippen LogP contribution in [0.1, 0.15) is 25.8 Å². The molecule has 0 heterocycles. The van der Waals surface area contributed by atoms with E-state index in [1.54, 1.807) is 0 Å². The molecule has 0 saturated carbocycles. The Hall–Kier alpha value is -0.380. The lowest BCUT2D eigenvalue weighted by Crippen LogP contribution is -2.13. The Kier molecular flexibility index (Phi) is 5.91. The Bertz CT molecular complexity index is 271. The summed E-state index contributed by atoms with van der Waals surface area (Å²) >= 11 is 3.39. The Balaban J connectivity index is 2.27. The molecule has 0 bridgehead atoms. The number of benzene rings is 1. The summed E-state index contributed by atoms with van der Waals surface area (Å²) in [5, 5.41) is 0. The number of ether oxygens (including phenoxy) is 2. The molecule has 0 spiro atoms. The minimum Gasteiger partial charge on any atom is -0.353 e. The van der Waals surface area contributed by atoms with Gasteiger partial charge in [0.25, 0.3) is 0 Å². The Morgan fingerprint density at radius 1 is 1.20 bits per heavy atom. The van der Waals surface area contributed by atoms with Crippen LogP contribution in [0.2, 0.25) is 0 Å². The Morgan fingerprint density at radius 3 is 2.47 bits per heavy atom. The molecule has 1 atom stereocenters. The second kappa shape index (κ2) is 6.99. The molecule has 84 valence electrons. The average molecular weight is 273 g/mol. The van der Waals surface area contributed by atoms with Gasteiger partial charge in [-0.3, -0.25) is 0 Å². The third kappa shape index (κ3) is 5.30. The second-order valence-electron chi connectivity index (χ2n) is 3.38. The minimum atomic E-state index is -0.131. The van der Waals surface area contributed by atoms with Gasteiger partial charge in [0.15, 0.2) is 6.29 Å². The molecule has 0 radical (unpaired) electrons. The van der Waals surface area contributed by atoms with Crippen molar-refractivity contribution in [2.75, 3.05) is 6.61 Å². The lowest BCUT2D eigenvalue weighted by molar-refractivity contribution is -0.137. The average Bonchev–Trinajstić information content (AvgIpc) is 2.25. The smallest absolute Gasteiger partial charge is 0.155 e. The van der Waals surface area contributed by atoms with Crippen molar-refractivity contribution in [1.82, 2.24) is 0 Å². The van der Waals surface area contributed by atoms with Gasteiger partial charge in [-0.1, -0.05) is 35.0 Å².